The number of fused-ring (bicyclic) bond motifs is 1. The van der Waals surface area contributed by atoms with E-state index in [1.54, 1.807) is 24.3 Å². The van der Waals surface area contributed by atoms with E-state index in [2.05, 4.69) is 4.98 Å². The van der Waals surface area contributed by atoms with E-state index in [1.807, 2.05) is 30.3 Å². The molecule has 0 radical (unpaired) electrons. The molecule has 0 amide bonds. The highest BCUT2D eigenvalue weighted by Gasteiger charge is 2.34. The number of hydrogen-bond acceptors (Lipinski definition) is 2. The number of nitrogens with one attached hydrogen (secondary N) is 1. The second kappa shape index (κ2) is 8.18. The lowest BCUT2D eigenvalue weighted by atomic mass is 10.0. The van der Waals surface area contributed by atoms with Gasteiger partial charge < -0.3 is 14.8 Å². The number of carbonyl (C=O) groups is 1. The van der Waals surface area contributed by atoms with Crippen molar-refractivity contribution in [2.24, 2.45) is 0 Å². The van der Waals surface area contributed by atoms with E-state index < -0.39 is 24.1 Å². The van der Waals surface area contributed by atoms with Crippen LogP contribution in [0.1, 0.15) is 16.7 Å². The highest BCUT2D eigenvalue weighted by atomic mass is 19.4. The molecule has 31 heavy (non-hydrogen) atoms. The molecule has 2 N–H and O–H groups in total. The standard InChI is InChI=1S/C24H18F3NO3/c25-24(26,27)19-11-6-10-16-18(13-21(29)30)22(28-23(16)19)17-9-4-5-12-20(17)31-14-15-7-2-1-3-8-15/h1-12,28H,13-14H2,(H,29,30). The normalized spacial score (nSPS) is 11.6. The first kappa shape index (κ1) is 20.5. The molecule has 0 saturated carbocycles. The minimum absolute atomic E-state index is 0.140. The number of ether oxygens (including phenoxy) is 1. The Hall–Kier alpha value is -3.74. The molecular weight excluding hydrogens is 407 g/mol. The Morgan fingerprint density at radius 2 is 1.65 bits per heavy atom. The van der Waals surface area contributed by atoms with Gasteiger partial charge in [0.25, 0.3) is 0 Å². The van der Waals surface area contributed by atoms with Crippen molar-refractivity contribution in [1.82, 2.24) is 4.98 Å². The molecule has 0 aliphatic carbocycles. The van der Waals surface area contributed by atoms with Crippen molar-refractivity contribution in [2.75, 3.05) is 0 Å². The van der Waals surface area contributed by atoms with Gasteiger partial charge in [0.05, 0.1) is 23.2 Å². The topological polar surface area (TPSA) is 62.3 Å². The molecule has 7 heteroatoms. The maximum atomic E-state index is 13.6. The molecule has 3 aromatic carbocycles. The van der Waals surface area contributed by atoms with Crippen LogP contribution in [-0.2, 0) is 24.0 Å². The van der Waals surface area contributed by atoms with Gasteiger partial charge in [-0.2, -0.15) is 13.2 Å². The predicted molar refractivity (Wildman–Crippen MR) is 111 cm³/mol. The molecule has 0 atom stereocenters. The van der Waals surface area contributed by atoms with Gasteiger partial charge in [-0.1, -0.05) is 54.6 Å². The SMILES string of the molecule is O=C(O)Cc1c(-c2ccccc2OCc2ccccc2)[nH]c2c(C(F)(F)F)cccc12. The molecular formula is C24H18F3NO3. The number of carboxylic acids is 1. The maximum absolute atomic E-state index is 13.6. The number of aromatic amines is 1. The van der Waals surface area contributed by atoms with Gasteiger partial charge in [-0.15, -0.1) is 0 Å². The Bertz CT molecular complexity index is 1230. The second-order valence-electron chi connectivity index (χ2n) is 7.05. The third-order valence-corrected chi connectivity index (χ3v) is 4.97. The molecule has 0 fully saturated rings. The van der Waals surface area contributed by atoms with Gasteiger partial charge in [0, 0.05) is 10.9 Å². The third-order valence-electron chi connectivity index (χ3n) is 4.97. The van der Waals surface area contributed by atoms with Crippen LogP contribution in [0.5, 0.6) is 5.75 Å². The van der Waals surface area contributed by atoms with Crippen molar-refractivity contribution in [3.63, 3.8) is 0 Å². The molecule has 0 aliphatic heterocycles. The van der Waals surface area contributed by atoms with Gasteiger partial charge in [0.2, 0.25) is 0 Å². The second-order valence-corrected chi connectivity index (χ2v) is 7.05. The van der Waals surface area contributed by atoms with Crippen LogP contribution in [0.3, 0.4) is 0 Å². The molecule has 4 aromatic rings. The lowest BCUT2D eigenvalue weighted by Gasteiger charge is -2.12. The van der Waals surface area contributed by atoms with E-state index in [-0.39, 0.29) is 23.1 Å². The van der Waals surface area contributed by atoms with E-state index in [0.717, 1.165) is 11.6 Å². The molecule has 4 nitrogen and oxygen atoms in total. The first-order valence-corrected chi connectivity index (χ1v) is 9.53. The summed E-state index contributed by atoms with van der Waals surface area (Å²) in [7, 11) is 0. The number of carboxylic acid groups (broad SMARTS) is 1. The monoisotopic (exact) mass is 425 g/mol. The van der Waals surface area contributed by atoms with Gasteiger partial charge in [0.15, 0.2) is 0 Å². The molecule has 158 valence electrons. The molecule has 0 bridgehead atoms. The van der Waals surface area contributed by atoms with Crippen molar-refractivity contribution < 1.29 is 27.8 Å². The third kappa shape index (κ3) is 4.26. The van der Waals surface area contributed by atoms with Gasteiger partial charge in [-0.05, 0) is 29.3 Å². The van der Waals surface area contributed by atoms with E-state index in [0.29, 0.717) is 17.0 Å². The average molecular weight is 425 g/mol. The van der Waals surface area contributed by atoms with E-state index in [1.165, 1.54) is 12.1 Å². The summed E-state index contributed by atoms with van der Waals surface area (Å²) in [5, 5.41) is 9.63. The van der Waals surface area contributed by atoms with Gasteiger partial charge in [0.1, 0.15) is 12.4 Å². The summed E-state index contributed by atoms with van der Waals surface area (Å²) < 4.78 is 46.6. The lowest BCUT2D eigenvalue weighted by Crippen LogP contribution is -2.05. The first-order chi connectivity index (χ1) is 14.8. The van der Waals surface area contributed by atoms with Crippen molar-refractivity contribution in [1.29, 1.82) is 0 Å². The average Bonchev–Trinajstić information content (AvgIpc) is 3.10. The van der Waals surface area contributed by atoms with Crippen LogP contribution >= 0.6 is 0 Å². The molecule has 1 aromatic heterocycles. The zero-order chi connectivity index (χ0) is 22.0. The minimum Gasteiger partial charge on any atom is -0.488 e. The molecule has 1 heterocycles. The van der Waals surface area contributed by atoms with Crippen LogP contribution in [0.15, 0.2) is 72.8 Å². The molecule has 0 spiro atoms. The molecule has 4 rings (SSSR count). The van der Waals surface area contributed by atoms with Crippen LogP contribution < -0.4 is 4.74 Å². The summed E-state index contributed by atoms with van der Waals surface area (Å²) in [6, 6.07) is 20.1. The number of benzene rings is 3. The first-order valence-electron chi connectivity index (χ1n) is 9.53. The summed E-state index contributed by atoms with van der Waals surface area (Å²) in [5.74, 6) is -0.694. The smallest absolute Gasteiger partial charge is 0.418 e. The van der Waals surface area contributed by atoms with Crippen molar-refractivity contribution in [2.45, 2.75) is 19.2 Å². The maximum Gasteiger partial charge on any atom is 0.418 e. The molecule has 0 unspecified atom stereocenters. The van der Waals surface area contributed by atoms with Crippen LogP contribution in [0, 0.1) is 0 Å². The Balaban J connectivity index is 1.85. The number of aromatic nitrogens is 1. The van der Waals surface area contributed by atoms with E-state index in [9.17, 15) is 23.1 Å². The fraction of sp³-hybridized carbons (Fsp3) is 0.125. The van der Waals surface area contributed by atoms with Crippen LogP contribution in [0.2, 0.25) is 0 Å². The Morgan fingerprint density at radius 3 is 2.35 bits per heavy atom. The number of hydrogen-bond donors (Lipinski definition) is 2. The van der Waals surface area contributed by atoms with Crippen molar-refractivity contribution in [3.8, 4) is 17.0 Å². The van der Waals surface area contributed by atoms with Gasteiger partial charge in [-0.3, -0.25) is 4.79 Å². The molecule has 0 aliphatic rings. The largest absolute Gasteiger partial charge is 0.488 e. The number of rotatable bonds is 6. The van der Waals surface area contributed by atoms with Gasteiger partial charge in [-0.25, -0.2) is 0 Å². The number of H-pyrrole nitrogens is 1. The van der Waals surface area contributed by atoms with Gasteiger partial charge >= 0.3 is 12.1 Å². The van der Waals surface area contributed by atoms with Crippen LogP contribution in [0.4, 0.5) is 13.2 Å². The van der Waals surface area contributed by atoms with Crippen LogP contribution in [-0.4, -0.2) is 16.1 Å². The number of halogens is 3. The number of para-hydroxylation sites is 2. The number of aliphatic carboxylic acids is 1. The van der Waals surface area contributed by atoms with E-state index in [4.69, 9.17) is 4.74 Å². The highest BCUT2D eigenvalue weighted by molar-refractivity contribution is 5.96. The molecule has 0 saturated heterocycles. The Kier molecular flexibility index (Phi) is 5.42. The fourth-order valence-electron chi connectivity index (χ4n) is 3.61. The summed E-state index contributed by atoms with van der Waals surface area (Å²) in [6.45, 7) is 0.264. The summed E-state index contributed by atoms with van der Waals surface area (Å²) in [6.07, 6.45) is -5.00. The summed E-state index contributed by atoms with van der Waals surface area (Å²) in [5.41, 5.74) is 1.03. The number of alkyl halides is 3. The zero-order valence-corrected chi connectivity index (χ0v) is 16.2. The van der Waals surface area contributed by atoms with Crippen molar-refractivity contribution in [3.05, 3.63) is 89.5 Å². The quantitative estimate of drug-likeness (QED) is 0.395. The van der Waals surface area contributed by atoms with Crippen molar-refractivity contribution >= 4 is 16.9 Å². The fourth-order valence-corrected chi connectivity index (χ4v) is 3.61. The highest BCUT2D eigenvalue weighted by Crippen LogP contribution is 2.41. The summed E-state index contributed by atoms with van der Waals surface area (Å²) in [4.78, 5) is 14.3. The predicted octanol–water partition coefficient (Wildman–Crippen LogP) is 6.06. The zero-order valence-electron chi connectivity index (χ0n) is 16.2. The Morgan fingerprint density at radius 1 is 0.935 bits per heavy atom. The van der Waals surface area contributed by atoms with Crippen LogP contribution in [0.25, 0.3) is 22.2 Å². The van der Waals surface area contributed by atoms with E-state index >= 15 is 0 Å². The summed E-state index contributed by atoms with van der Waals surface area (Å²) >= 11 is 0. The lowest BCUT2D eigenvalue weighted by molar-refractivity contribution is -0.137. The minimum atomic E-state index is -4.58. The Labute approximate surface area is 175 Å².